The van der Waals surface area contributed by atoms with Crippen molar-refractivity contribution in [3.8, 4) is 0 Å². The average Bonchev–Trinajstić information content (AvgIpc) is 2.38. The second kappa shape index (κ2) is 5.91. The van der Waals surface area contributed by atoms with Crippen molar-refractivity contribution in [3.63, 3.8) is 0 Å². The number of nitrogens with zero attached hydrogens (tertiary/aromatic N) is 2. The molecule has 0 saturated heterocycles. The molecule has 0 bridgehead atoms. The van der Waals surface area contributed by atoms with E-state index >= 15 is 0 Å². The van der Waals surface area contributed by atoms with Crippen molar-refractivity contribution in [3.05, 3.63) is 30.0 Å². The summed E-state index contributed by atoms with van der Waals surface area (Å²) in [7, 11) is 2.15. The Hall–Kier alpha value is -1.77. The SMILES string of the molecule is CCCCCN(C)c1cc(C)nc2ccc(N)cc12. The van der Waals surface area contributed by atoms with Crippen LogP contribution in [0.15, 0.2) is 24.3 Å². The largest absolute Gasteiger partial charge is 0.399 e. The number of pyridine rings is 1. The maximum Gasteiger partial charge on any atom is 0.0727 e. The Kier molecular flexibility index (Phi) is 4.25. The van der Waals surface area contributed by atoms with E-state index in [0.717, 1.165) is 28.8 Å². The fraction of sp³-hybridized carbons (Fsp3) is 0.438. The standard InChI is InChI=1S/C16H23N3/c1-4-5-6-9-19(3)16-10-12(2)18-15-8-7-13(17)11-14(15)16/h7-8,10-11H,4-6,9,17H2,1-3H3. The van der Waals surface area contributed by atoms with Gasteiger partial charge in [-0.15, -0.1) is 0 Å². The van der Waals surface area contributed by atoms with Crippen molar-refractivity contribution in [1.82, 2.24) is 4.98 Å². The third-order valence-corrected chi connectivity index (χ3v) is 3.45. The van der Waals surface area contributed by atoms with E-state index < -0.39 is 0 Å². The van der Waals surface area contributed by atoms with Gasteiger partial charge in [0.2, 0.25) is 0 Å². The summed E-state index contributed by atoms with van der Waals surface area (Å²) in [6, 6.07) is 8.08. The molecule has 2 aromatic rings. The molecule has 3 nitrogen and oxygen atoms in total. The average molecular weight is 257 g/mol. The van der Waals surface area contributed by atoms with Crippen LogP contribution in [0.4, 0.5) is 11.4 Å². The number of anilines is 2. The molecular weight excluding hydrogens is 234 g/mol. The molecule has 0 amide bonds. The summed E-state index contributed by atoms with van der Waals surface area (Å²) >= 11 is 0. The summed E-state index contributed by atoms with van der Waals surface area (Å²) in [5.41, 5.74) is 10.00. The van der Waals surface area contributed by atoms with Crippen LogP contribution in [0.1, 0.15) is 31.9 Å². The van der Waals surface area contributed by atoms with Crippen LogP contribution in [-0.4, -0.2) is 18.6 Å². The molecular formula is C16H23N3. The highest BCUT2D eigenvalue weighted by Gasteiger charge is 2.08. The molecule has 2 rings (SSSR count). The molecule has 0 unspecified atom stereocenters. The molecule has 1 heterocycles. The van der Waals surface area contributed by atoms with E-state index in [2.05, 4.69) is 29.9 Å². The molecule has 0 atom stereocenters. The predicted molar refractivity (Wildman–Crippen MR) is 83.7 cm³/mol. The summed E-state index contributed by atoms with van der Waals surface area (Å²) in [5, 5.41) is 1.14. The number of unbranched alkanes of at least 4 members (excludes halogenated alkanes) is 2. The summed E-state index contributed by atoms with van der Waals surface area (Å²) in [4.78, 5) is 6.89. The molecule has 0 radical (unpaired) electrons. The zero-order valence-corrected chi connectivity index (χ0v) is 12.1. The van der Waals surface area contributed by atoms with E-state index in [1.807, 2.05) is 25.1 Å². The van der Waals surface area contributed by atoms with Gasteiger partial charge in [0.1, 0.15) is 0 Å². The van der Waals surface area contributed by atoms with E-state index in [1.54, 1.807) is 0 Å². The van der Waals surface area contributed by atoms with Gasteiger partial charge in [0.05, 0.1) is 5.52 Å². The van der Waals surface area contributed by atoms with Gasteiger partial charge < -0.3 is 10.6 Å². The number of aryl methyl sites for hydroxylation is 1. The fourth-order valence-corrected chi connectivity index (χ4v) is 2.39. The Balaban J connectivity index is 2.37. The van der Waals surface area contributed by atoms with Crippen molar-refractivity contribution in [2.45, 2.75) is 33.1 Å². The van der Waals surface area contributed by atoms with Crippen LogP contribution in [0.5, 0.6) is 0 Å². The molecule has 0 aliphatic carbocycles. The van der Waals surface area contributed by atoms with E-state index in [-0.39, 0.29) is 0 Å². The quantitative estimate of drug-likeness (QED) is 0.655. The summed E-state index contributed by atoms with van der Waals surface area (Å²) < 4.78 is 0. The number of hydrogen-bond donors (Lipinski definition) is 1. The van der Waals surface area contributed by atoms with Gasteiger partial charge >= 0.3 is 0 Å². The van der Waals surface area contributed by atoms with Gasteiger partial charge in [0, 0.05) is 36.0 Å². The van der Waals surface area contributed by atoms with Gasteiger partial charge in [-0.1, -0.05) is 19.8 Å². The Morgan fingerprint density at radius 1 is 1.21 bits per heavy atom. The van der Waals surface area contributed by atoms with Crippen LogP contribution in [0.25, 0.3) is 10.9 Å². The highest BCUT2D eigenvalue weighted by Crippen LogP contribution is 2.28. The minimum Gasteiger partial charge on any atom is -0.399 e. The first-order valence-corrected chi connectivity index (χ1v) is 7.00. The van der Waals surface area contributed by atoms with Crippen LogP contribution >= 0.6 is 0 Å². The molecule has 0 spiro atoms. The van der Waals surface area contributed by atoms with Gasteiger partial charge in [0.25, 0.3) is 0 Å². The number of benzene rings is 1. The maximum absolute atomic E-state index is 5.91. The Morgan fingerprint density at radius 3 is 2.74 bits per heavy atom. The molecule has 1 aromatic heterocycles. The van der Waals surface area contributed by atoms with Gasteiger partial charge in [-0.2, -0.15) is 0 Å². The van der Waals surface area contributed by atoms with Crippen molar-refractivity contribution in [2.75, 3.05) is 24.2 Å². The number of hydrogen-bond acceptors (Lipinski definition) is 3. The van der Waals surface area contributed by atoms with Crippen molar-refractivity contribution < 1.29 is 0 Å². The van der Waals surface area contributed by atoms with E-state index in [0.29, 0.717) is 0 Å². The lowest BCUT2D eigenvalue weighted by atomic mass is 10.1. The number of rotatable bonds is 5. The van der Waals surface area contributed by atoms with Crippen LogP contribution in [0, 0.1) is 6.92 Å². The Morgan fingerprint density at radius 2 is 2.00 bits per heavy atom. The minimum absolute atomic E-state index is 0.793. The molecule has 0 aliphatic heterocycles. The fourth-order valence-electron chi connectivity index (χ4n) is 2.39. The lowest BCUT2D eigenvalue weighted by Crippen LogP contribution is -2.19. The molecule has 3 heteroatoms. The monoisotopic (exact) mass is 257 g/mol. The van der Waals surface area contributed by atoms with Crippen molar-refractivity contribution in [2.24, 2.45) is 0 Å². The molecule has 19 heavy (non-hydrogen) atoms. The van der Waals surface area contributed by atoms with Crippen molar-refractivity contribution >= 4 is 22.3 Å². The highest BCUT2D eigenvalue weighted by atomic mass is 15.1. The second-order valence-corrected chi connectivity index (χ2v) is 5.19. The topological polar surface area (TPSA) is 42.2 Å². The first-order valence-electron chi connectivity index (χ1n) is 7.00. The third kappa shape index (κ3) is 3.16. The van der Waals surface area contributed by atoms with Gasteiger partial charge in [0.15, 0.2) is 0 Å². The molecule has 2 N–H and O–H groups in total. The maximum atomic E-state index is 5.91. The molecule has 102 valence electrons. The normalized spacial score (nSPS) is 10.9. The second-order valence-electron chi connectivity index (χ2n) is 5.19. The molecule has 0 saturated carbocycles. The van der Waals surface area contributed by atoms with E-state index in [1.165, 1.54) is 24.9 Å². The number of nitrogens with two attached hydrogens (primary N) is 1. The Labute approximate surface area is 115 Å². The summed E-state index contributed by atoms with van der Waals surface area (Å²) in [5.74, 6) is 0. The van der Waals surface area contributed by atoms with Gasteiger partial charge in [-0.25, -0.2) is 0 Å². The lowest BCUT2D eigenvalue weighted by Gasteiger charge is -2.21. The number of fused-ring (bicyclic) bond motifs is 1. The molecule has 1 aromatic carbocycles. The zero-order valence-electron chi connectivity index (χ0n) is 12.1. The minimum atomic E-state index is 0.793. The van der Waals surface area contributed by atoms with E-state index in [9.17, 15) is 0 Å². The first kappa shape index (κ1) is 13.7. The number of aromatic nitrogens is 1. The lowest BCUT2D eigenvalue weighted by molar-refractivity contribution is 0.706. The summed E-state index contributed by atoms with van der Waals surface area (Å²) in [6.07, 6.45) is 3.74. The smallest absolute Gasteiger partial charge is 0.0727 e. The predicted octanol–water partition coefficient (Wildman–Crippen LogP) is 3.75. The van der Waals surface area contributed by atoms with Crippen LogP contribution < -0.4 is 10.6 Å². The van der Waals surface area contributed by atoms with E-state index in [4.69, 9.17) is 5.73 Å². The van der Waals surface area contributed by atoms with Crippen molar-refractivity contribution in [1.29, 1.82) is 0 Å². The Bertz CT molecular complexity index is 563. The van der Waals surface area contributed by atoms with Crippen LogP contribution in [0.3, 0.4) is 0 Å². The third-order valence-electron chi connectivity index (χ3n) is 3.45. The van der Waals surface area contributed by atoms with Crippen LogP contribution in [0.2, 0.25) is 0 Å². The number of nitrogen functional groups attached to an aromatic ring is 1. The molecule has 0 aliphatic rings. The highest BCUT2D eigenvalue weighted by molar-refractivity contribution is 5.93. The molecule has 0 fully saturated rings. The van der Waals surface area contributed by atoms with Gasteiger partial charge in [-0.05, 0) is 37.6 Å². The first-order chi connectivity index (χ1) is 9.11. The zero-order chi connectivity index (χ0) is 13.8. The van der Waals surface area contributed by atoms with Gasteiger partial charge in [-0.3, -0.25) is 4.98 Å². The van der Waals surface area contributed by atoms with Crippen LogP contribution in [-0.2, 0) is 0 Å². The summed E-state index contributed by atoms with van der Waals surface area (Å²) in [6.45, 7) is 5.34.